The first-order valence-corrected chi connectivity index (χ1v) is 10.5. The minimum Gasteiger partial charge on any atom is -0.480 e. The van der Waals surface area contributed by atoms with Crippen LogP contribution in [0.25, 0.3) is 11.3 Å². The Morgan fingerprint density at radius 3 is 2.48 bits per heavy atom. The third-order valence-electron chi connectivity index (χ3n) is 3.68. The normalized spacial score (nSPS) is 11.9. The molecule has 0 amide bonds. The van der Waals surface area contributed by atoms with E-state index < -0.39 is 11.2 Å². The average molecular weight is 417 g/mol. The van der Waals surface area contributed by atoms with Crippen molar-refractivity contribution < 1.29 is 9.90 Å². The zero-order chi connectivity index (χ0) is 19.2. The van der Waals surface area contributed by atoms with Crippen molar-refractivity contribution in [1.29, 1.82) is 0 Å². The van der Waals surface area contributed by atoms with Crippen molar-refractivity contribution in [2.45, 2.75) is 28.1 Å². The number of aromatic nitrogens is 2. The van der Waals surface area contributed by atoms with E-state index in [4.69, 9.17) is 11.6 Å². The van der Waals surface area contributed by atoms with Crippen LogP contribution in [0.1, 0.15) is 12.5 Å². The second-order valence-corrected chi connectivity index (χ2v) is 8.49. The molecule has 0 bridgehead atoms. The van der Waals surface area contributed by atoms with Gasteiger partial charge in [0.05, 0.1) is 5.69 Å². The minimum atomic E-state index is -0.866. The molecule has 0 saturated carbocycles. The van der Waals surface area contributed by atoms with Crippen LogP contribution in [0.2, 0.25) is 5.02 Å². The zero-order valence-corrected chi connectivity index (χ0v) is 16.9. The summed E-state index contributed by atoms with van der Waals surface area (Å²) >= 11 is 8.66. The first-order chi connectivity index (χ1) is 13.0. The Morgan fingerprint density at radius 2 is 1.81 bits per heavy atom. The van der Waals surface area contributed by atoms with Crippen molar-refractivity contribution in [3.05, 3.63) is 71.2 Å². The van der Waals surface area contributed by atoms with Gasteiger partial charge >= 0.3 is 5.97 Å². The minimum absolute atomic E-state index is 0.586. The van der Waals surface area contributed by atoms with Gasteiger partial charge in [-0.1, -0.05) is 77.6 Å². The Kier molecular flexibility index (Phi) is 6.77. The maximum absolute atomic E-state index is 11.2. The van der Waals surface area contributed by atoms with Crippen LogP contribution in [0.15, 0.2) is 70.8 Å². The Balaban J connectivity index is 1.86. The summed E-state index contributed by atoms with van der Waals surface area (Å²) < 4.78 is 0. The molecule has 0 spiro atoms. The van der Waals surface area contributed by atoms with Crippen molar-refractivity contribution in [2.75, 3.05) is 0 Å². The molecule has 0 fully saturated rings. The predicted octanol–water partition coefficient (Wildman–Crippen LogP) is 5.65. The predicted molar refractivity (Wildman–Crippen MR) is 111 cm³/mol. The SMILES string of the molecule is CC(Sc1cc(-c2ccccc2)nc(SCc2ccc(Cl)cc2)n1)C(=O)O. The molecule has 1 N–H and O–H groups in total. The number of hydrogen-bond acceptors (Lipinski definition) is 5. The van der Waals surface area contributed by atoms with Gasteiger partial charge in [-0.2, -0.15) is 0 Å². The molecule has 7 heteroatoms. The fourth-order valence-electron chi connectivity index (χ4n) is 2.25. The van der Waals surface area contributed by atoms with Crippen molar-refractivity contribution in [3.8, 4) is 11.3 Å². The topological polar surface area (TPSA) is 63.1 Å². The summed E-state index contributed by atoms with van der Waals surface area (Å²) in [5.74, 6) is -0.163. The zero-order valence-electron chi connectivity index (χ0n) is 14.5. The van der Waals surface area contributed by atoms with Crippen LogP contribution in [0.4, 0.5) is 0 Å². The quantitative estimate of drug-likeness (QED) is 0.305. The number of thioether (sulfide) groups is 2. The number of rotatable bonds is 7. The van der Waals surface area contributed by atoms with E-state index in [1.807, 2.05) is 60.7 Å². The Morgan fingerprint density at radius 1 is 1.11 bits per heavy atom. The molecule has 1 aromatic heterocycles. The van der Waals surface area contributed by atoms with Gasteiger partial charge in [0.15, 0.2) is 5.16 Å². The van der Waals surface area contributed by atoms with Gasteiger partial charge in [-0.3, -0.25) is 4.79 Å². The fourth-order valence-corrected chi connectivity index (χ4v) is 4.03. The summed E-state index contributed by atoms with van der Waals surface area (Å²) in [4.78, 5) is 20.4. The Bertz CT molecular complexity index is 921. The van der Waals surface area contributed by atoms with Crippen LogP contribution < -0.4 is 0 Å². The summed E-state index contributed by atoms with van der Waals surface area (Å²) in [5.41, 5.74) is 2.87. The van der Waals surface area contributed by atoms with E-state index in [1.165, 1.54) is 23.5 Å². The van der Waals surface area contributed by atoms with E-state index >= 15 is 0 Å². The number of aliphatic carboxylic acids is 1. The van der Waals surface area contributed by atoms with Crippen LogP contribution in [0, 0.1) is 0 Å². The number of carboxylic acids is 1. The molecule has 2 aromatic carbocycles. The van der Waals surface area contributed by atoms with E-state index in [2.05, 4.69) is 9.97 Å². The van der Waals surface area contributed by atoms with Crippen LogP contribution in [0.3, 0.4) is 0 Å². The highest BCUT2D eigenvalue weighted by Gasteiger charge is 2.16. The van der Waals surface area contributed by atoms with Gasteiger partial charge in [0.25, 0.3) is 0 Å². The van der Waals surface area contributed by atoms with Crippen molar-refractivity contribution >= 4 is 41.1 Å². The average Bonchev–Trinajstić information content (AvgIpc) is 2.68. The smallest absolute Gasteiger partial charge is 0.316 e. The van der Waals surface area contributed by atoms with Crippen molar-refractivity contribution in [1.82, 2.24) is 9.97 Å². The van der Waals surface area contributed by atoms with Crippen LogP contribution in [0.5, 0.6) is 0 Å². The molecule has 1 atom stereocenters. The monoisotopic (exact) mass is 416 g/mol. The lowest BCUT2D eigenvalue weighted by Gasteiger charge is -2.10. The Hall–Kier alpha value is -2.02. The van der Waals surface area contributed by atoms with Crippen molar-refractivity contribution in [2.24, 2.45) is 0 Å². The Labute approximate surface area is 171 Å². The lowest BCUT2D eigenvalue weighted by molar-refractivity contribution is -0.136. The highest BCUT2D eigenvalue weighted by atomic mass is 35.5. The number of benzene rings is 2. The molecule has 1 unspecified atom stereocenters. The van der Waals surface area contributed by atoms with Gasteiger partial charge in [0.1, 0.15) is 10.3 Å². The molecule has 0 aliphatic heterocycles. The molecule has 0 saturated heterocycles. The van der Waals surface area contributed by atoms with E-state index in [0.29, 0.717) is 21.0 Å². The maximum atomic E-state index is 11.2. The molecule has 0 aliphatic rings. The number of nitrogens with zero attached hydrogens (tertiary/aromatic N) is 2. The molecule has 138 valence electrons. The first kappa shape index (κ1) is 19.7. The molecular formula is C20H17ClN2O2S2. The number of hydrogen-bond donors (Lipinski definition) is 1. The molecule has 4 nitrogen and oxygen atoms in total. The first-order valence-electron chi connectivity index (χ1n) is 8.22. The van der Waals surface area contributed by atoms with Crippen LogP contribution in [-0.2, 0) is 10.5 Å². The molecule has 3 aromatic rings. The largest absolute Gasteiger partial charge is 0.480 e. The summed E-state index contributed by atoms with van der Waals surface area (Å²) in [6, 6.07) is 19.3. The number of carbonyl (C=O) groups is 1. The lowest BCUT2D eigenvalue weighted by Crippen LogP contribution is -2.11. The second-order valence-electron chi connectivity index (χ2n) is 5.75. The van der Waals surface area contributed by atoms with E-state index in [0.717, 1.165) is 16.8 Å². The molecule has 27 heavy (non-hydrogen) atoms. The summed E-state index contributed by atoms with van der Waals surface area (Å²) in [5, 5.41) is 10.6. The summed E-state index contributed by atoms with van der Waals surface area (Å²) in [6.45, 7) is 1.65. The third kappa shape index (κ3) is 5.73. The number of halogens is 1. The molecule has 0 radical (unpaired) electrons. The lowest BCUT2D eigenvalue weighted by atomic mass is 10.1. The van der Waals surface area contributed by atoms with E-state index in [9.17, 15) is 9.90 Å². The van der Waals surface area contributed by atoms with Gasteiger partial charge < -0.3 is 5.11 Å². The third-order valence-corrected chi connectivity index (χ3v) is 5.85. The van der Waals surface area contributed by atoms with Gasteiger partial charge in [-0.15, -0.1) is 0 Å². The van der Waals surface area contributed by atoms with Gasteiger partial charge in [-0.25, -0.2) is 9.97 Å². The molecule has 3 rings (SSSR count). The van der Waals surface area contributed by atoms with E-state index in [1.54, 1.807) is 6.92 Å². The van der Waals surface area contributed by atoms with Crippen molar-refractivity contribution in [3.63, 3.8) is 0 Å². The van der Waals surface area contributed by atoms with Gasteiger partial charge in [0.2, 0.25) is 0 Å². The standard InChI is InChI=1S/C20H17ClN2O2S2/c1-13(19(24)25)27-18-11-17(15-5-3-2-4-6-15)22-20(23-18)26-12-14-7-9-16(21)10-8-14/h2-11,13H,12H2,1H3,(H,24,25). The highest BCUT2D eigenvalue weighted by molar-refractivity contribution is 8.00. The molecule has 0 aliphatic carbocycles. The van der Waals surface area contributed by atoms with E-state index in [-0.39, 0.29) is 0 Å². The van der Waals surface area contributed by atoms with Crippen LogP contribution in [-0.4, -0.2) is 26.3 Å². The maximum Gasteiger partial charge on any atom is 0.316 e. The molecular weight excluding hydrogens is 400 g/mol. The summed E-state index contributed by atoms with van der Waals surface area (Å²) in [6.07, 6.45) is 0. The van der Waals surface area contributed by atoms with Crippen LogP contribution >= 0.6 is 35.1 Å². The highest BCUT2D eigenvalue weighted by Crippen LogP contribution is 2.30. The second kappa shape index (κ2) is 9.26. The van der Waals surface area contributed by atoms with Gasteiger partial charge in [-0.05, 0) is 30.7 Å². The molecule has 1 heterocycles. The summed E-state index contributed by atoms with van der Waals surface area (Å²) in [7, 11) is 0. The van der Waals surface area contributed by atoms with Gasteiger partial charge in [0, 0.05) is 16.3 Å². The number of carboxylic acid groups (broad SMARTS) is 1. The fraction of sp³-hybridized carbons (Fsp3) is 0.150.